The number of carbonyl (C=O) groups is 1. The maximum Gasteiger partial charge on any atom is 0.233 e. The Morgan fingerprint density at radius 2 is 1.89 bits per heavy atom. The van der Waals surface area contributed by atoms with E-state index in [1.165, 1.54) is 0 Å². The fourth-order valence-electron chi connectivity index (χ4n) is 0.102. The third-order valence-electron chi connectivity index (χ3n) is 0.482. The van der Waals surface area contributed by atoms with Gasteiger partial charge in [0.2, 0.25) is 5.91 Å². The summed E-state index contributed by atoms with van der Waals surface area (Å²) in [5.41, 5.74) is 4.23. The smallest absolute Gasteiger partial charge is 0.233 e. The van der Waals surface area contributed by atoms with E-state index >= 15 is 0 Å². The van der Waals surface area contributed by atoms with Gasteiger partial charge >= 0.3 is 0 Å². The van der Waals surface area contributed by atoms with Crippen molar-refractivity contribution in [2.45, 2.75) is 13.3 Å². The van der Waals surface area contributed by atoms with Crippen LogP contribution in [0.25, 0.3) is 0 Å². The maximum absolute atomic E-state index is 9.94. The first-order valence-electron chi connectivity index (χ1n) is 2.59. The summed E-state index contributed by atoms with van der Waals surface area (Å²) >= 11 is 0. The molecule has 0 saturated heterocycles. The number of rotatable bonds is 1. The molecule has 0 bridgehead atoms. The topological polar surface area (TPSA) is 93.2 Å². The van der Waals surface area contributed by atoms with Crippen molar-refractivity contribution in [3.8, 4) is 0 Å². The van der Waals surface area contributed by atoms with Crippen molar-refractivity contribution in [3.63, 3.8) is 0 Å². The molecule has 9 heavy (non-hydrogen) atoms. The van der Waals surface area contributed by atoms with Crippen molar-refractivity contribution in [1.29, 1.82) is 0 Å². The third kappa shape index (κ3) is 18.7. The number of nitrogens with one attached hydrogen (secondary N) is 2. The van der Waals surface area contributed by atoms with Crippen LogP contribution in [0.15, 0.2) is 0 Å². The Labute approximate surface area is 54.7 Å². The molecule has 0 heterocycles. The van der Waals surface area contributed by atoms with Crippen molar-refractivity contribution in [3.05, 3.63) is 0 Å². The molecule has 0 aromatic carbocycles. The molecule has 1 amide bonds. The van der Waals surface area contributed by atoms with Crippen LogP contribution in [0, 0.1) is 0 Å². The minimum Gasteiger partial charge on any atom is -0.294 e. The van der Waals surface area contributed by atoms with Crippen molar-refractivity contribution in [1.82, 2.24) is 10.9 Å². The monoisotopic (exact) mass is 134 g/mol. The Morgan fingerprint density at radius 3 is 1.89 bits per heavy atom. The Morgan fingerprint density at radius 1 is 1.56 bits per heavy atom. The summed E-state index contributed by atoms with van der Waals surface area (Å²) in [6.07, 6.45) is 0.455. The minimum absolute atomic E-state index is 0.130. The van der Waals surface area contributed by atoms with Crippen molar-refractivity contribution < 1.29 is 4.79 Å². The summed E-state index contributed by atoms with van der Waals surface area (Å²) in [5.74, 6) is 9.15. The molecule has 0 aliphatic rings. The summed E-state index contributed by atoms with van der Waals surface area (Å²) in [6.45, 7) is 1.74. The fourth-order valence-corrected chi connectivity index (χ4v) is 0.102. The average Bonchev–Trinajstić information content (AvgIpc) is 1.88. The van der Waals surface area contributed by atoms with E-state index in [4.69, 9.17) is 0 Å². The van der Waals surface area contributed by atoms with Gasteiger partial charge in [0.1, 0.15) is 0 Å². The van der Waals surface area contributed by atoms with Crippen LogP contribution in [0.1, 0.15) is 13.3 Å². The van der Waals surface area contributed by atoms with E-state index in [2.05, 4.69) is 17.1 Å². The van der Waals surface area contributed by atoms with Gasteiger partial charge in [-0.3, -0.25) is 21.5 Å². The van der Waals surface area contributed by atoms with E-state index in [9.17, 15) is 4.79 Å². The van der Waals surface area contributed by atoms with Crippen LogP contribution in [0.2, 0.25) is 0 Å². The molecule has 0 saturated carbocycles. The lowest BCUT2D eigenvalue weighted by molar-refractivity contribution is -0.120. The van der Waals surface area contributed by atoms with Gasteiger partial charge in [0.25, 0.3) is 0 Å². The SMILES string of the molecule is CCC(=O)NN.CNN. The minimum atomic E-state index is -0.130. The van der Waals surface area contributed by atoms with Gasteiger partial charge in [0.05, 0.1) is 0 Å². The molecule has 5 heteroatoms. The Balaban J connectivity index is 0. The summed E-state index contributed by atoms with van der Waals surface area (Å²) in [4.78, 5) is 9.94. The highest BCUT2D eigenvalue weighted by Crippen LogP contribution is 1.66. The normalized spacial score (nSPS) is 7.11. The number of nitrogens with two attached hydrogens (primary N) is 2. The van der Waals surface area contributed by atoms with Crippen LogP contribution in [0.3, 0.4) is 0 Å². The van der Waals surface area contributed by atoms with Gasteiger partial charge in [0, 0.05) is 6.42 Å². The molecule has 0 aromatic heterocycles. The first-order chi connectivity index (χ1) is 4.22. The average molecular weight is 134 g/mol. The first kappa shape index (κ1) is 11.2. The molecule has 0 fully saturated rings. The molecular weight excluding hydrogens is 120 g/mol. The van der Waals surface area contributed by atoms with Crippen molar-refractivity contribution in [2.75, 3.05) is 7.05 Å². The van der Waals surface area contributed by atoms with Gasteiger partial charge in [-0.25, -0.2) is 5.84 Å². The molecule has 0 atom stereocenters. The number of amides is 1. The largest absolute Gasteiger partial charge is 0.294 e. The van der Waals surface area contributed by atoms with E-state index in [-0.39, 0.29) is 5.91 Å². The third-order valence-corrected chi connectivity index (χ3v) is 0.482. The predicted octanol–water partition coefficient (Wildman–Crippen LogP) is -1.53. The molecule has 0 aliphatic carbocycles. The zero-order chi connectivity index (χ0) is 7.70. The van der Waals surface area contributed by atoms with Crippen LogP contribution in [0.4, 0.5) is 0 Å². The number of hydrogen-bond acceptors (Lipinski definition) is 4. The Bertz CT molecular complexity index is 59.6. The zero-order valence-electron chi connectivity index (χ0n) is 5.77. The van der Waals surface area contributed by atoms with Crippen molar-refractivity contribution in [2.24, 2.45) is 11.7 Å². The molecule has 0 spiro atoms. The Hall–Kier alpha value is -0.650. The van der Waals surface area contributed by atoms with Gasteiger partial charge in [-0.05, 0) is 7.05 Å². The quantitative estimate of drug-likeness (QED) is 0.199. The molecule has 6 N–H and O–H groups in total. The van der Waals surface area contributed by atoms with Gasteiger partial charge < -0.3 is 0 Å². The lowest BCUT2D eigenvalue weighted by Gasteiger charge is -1.87. The van der Waals surface area contributed by atoms with Gasteiger partial charge in [0.15, 0.2) is 0 Å². The number of carbonyl (C=O) groups excluding carboxylic acids is 1. The molecule has 0 radical (unpaired) electrons. The first-order valence-corrected chi connectivity index (χ1v) is 2.59. The zero-order valence-corrected chi connectivity index (χ0v) is 5.77. The second kappa shape index (κ2) is 10.4. The van der Waals surface area contributed by atoms with E-state index in [1.54, 1.807) is 14.0 Å². The van der Waals surface area contributed by atoms with Crippen LogP contribution in [0.5, 0.6) is 0 Å². The summed E-state index contributed by atoms with van der Waals surface area (Å²) in [7, 11) is 1.65. The Kier molecular flexibility index (Phi) is 12.9. The maximum atomic E-state index is 9.94. The highest BCUT2D eigenvalue weighted by Gasteiger charge is 1.85. The van der Waals surface area contributed by atoms with E-state index in [0.29, 0.717) is 6.42 Å². The number of hydrogen-bond donors (Lipinski definition) is 4. The fraction of sp³-hybridized carbons (Fsp3) is 0.750. The van der Waals surface area contributed by atoms with Crippen LogP contribution in [-0.2, 0) is 4.79 Å². The number of hydrazine groups is 2. The van der Waals surface area contributed by atoms with Crippen molar-refractivity contribution >= 4 is 5.91 Å². The van der Waals surface area contributed by atoms with Crippen LogP contribution < -0.4 is 22.5 Å². The summed E-state index contributed by atoms with van der Waals surface area (Å²) in [6, 6.07) is 0. The molecular formula is C4H14N4O. The molecule has 0 aromatic rings. The highest BCUT2D eigenvalue weighted by atomic mass is 16.2. The van der Waals surface area contributed by atoms with Crippen LogP contribution >= 0.6 is 0 Å². The predicted molar refractivity (Wildman–Crippen MR) is 35.9 cm³/mol. The molecule has 0 rings (SSSR count). The van der Waals surface area contributed by atoms with E-state index in [0.717, 1.165) is 0 Å². The molecule has 5 nitrogen and oxygen atoms in total. The summed E-state index contributed by atoms with van der Waals surface area (Å²) < 4.78 is 0. The summed E-state index contributed by atoms with van der Waals surface area (Å²) in [5, 5.41) is 0. The lowest BCUT2D eigenvalue weighted by Crippen LogP contribution is -2.28. The van der Waals surface area contributed by atoms with Gasteiger partial charge in [-0.1, -0.05) is 6.92 Å². The van der Waals surface area contributed by atoms with Gasteiger partial charge in [-0.2, -0.15) is 0 Å². The highest BCUT2D eigenvalue weighted by molar-refractivity contribution is 5.74. The van der Waals surface area contributed by atoms with Crippen LogP contribution in [-0.4, -0.2) is 13.0 Å². The molecule has 0 unspecified atom stereocenters. The van der Waals surface area contributed by atoms with E-state index < -0.39 is 0 Å². The standard InChI is InChI=1S/C3H8N2O.CH6N2/c1-2-3(6)5-4;1-3-2/h2,4H2,1H3,(H,5,6);3H,2H2,1H3. The molecule has 56 valence electrons. The second-order valence-electron chi connectivity index (χ2n) is 1.21. The lowest BCUT2D eigenvalue weighted by atomic mass is 10.5. The second-order valence-corrected chi connectivity index (χ2v) is 1.21. The van der Waals surface area contributed by atoms with Gasteiger partial charge in [-0.15, -0.1) is 0 Å². The molecule has 0 aliphatic heterocycles. The van der Waals surface area contributed by atoms with E-state index in [1.807, 2.05) is 5.43 Å².